The number of carbonyl (C=O) groups is 1. The van der Waals surface area contributed by atoms with Crippen LogP contribution in [-0.2, 0) is 0 Å². The Morgan fingerprint density at radius 2 is 1.92 bits per heavy atom. The van der Waals surface area contributed by atoms with Crippen LogP contribution in [0, 0.1) is 10.1 Å². The van der Waals surface area contributed by atoms with Crippen LogP contribution in [0.15, 0.2) is 18.2 Å². The number of benzene rings is 1. The smallest absolute Gasteiger partial charge is 0.311 e. The topological polar surface area (TPSA) is 75.9 Å². The van der Waals surface area contributed by atoms with E-state index in [1.807, 2.05) is 4.90 Å². The van der Waals surface area contributed by atoms with Crippen LogP contribution in [0.25, 0.3) is 0 Å². The molecule has 1 aromatic rings. The number of amides is 1. The van der Waals surface area contributed by atoms with E-state index < -0.39 is 4.92 Å². The highest BCUT2D eigenvalue weighted by Gasteiger charge is 2.36. The second-order valence-corrected chi connectivity index (χ2v) is 7.41. The molecular formula is C19H27N3O4. The molecule has 0 radical (unpaired) electrons. The molecule has 2 saturated heterocycles. The quantitative estimate of drug-likeness (QED) is 0.608. The van der Waals surface area contributed by atoms with Crippen LogP contribution in [0.3, 0.4) is 0 Å². The van der Waals surface area contributed by atoms with Crippen molar-refractivity contribution in [2.45, 2.75) is 57.7 Å². The monoisotopic (exact) mass is 361 g/mol. The molecule has 3 atom stereocenters. The number of piperidine rings is 1. The van der Waals surface area contributed by atoms with Crippen molar-refractivity contribution in [3.05, 3.63) is 33.9 Å². The summed E-state index contributed by atoms with van der Waals surface area (Å²) in [6, 6.07) is 5.90. The predicted molar refractivity (Wildman–Crippen MR) is 98.6 cm³/mol. The molecular weight excluding hydrogens is 334 g/mol. The van der Waals surface area contributed by atoms with Crippen LogP contribution in [0.1, 0.15) is 49.9 Å². The lowest BCUT2D eigenvalue weighted by molar-refractivity contribution is -0.385. The summed E-state index contributed by atoms with van der Waals surface area (Å²) in [5.41, 5.74) is 0.175. The molecule has 0 aromatic heterocycles. The third-order valence-electron chi connectivity index (χ3n) is 5.75. The van der Waals surface area contributed by atoms with Crippen LogP contribution in [0.4, 0.5) is 5.69 Å². The highest BCUT2D eigenvalue weighted by molar-refractivity contribution is 5.95. The van der Waals surface area contributed by atoms with E-state index in [1.54, 1.807) is 6.07 Å². The standard InChI is InChI=1S/C19H27N3O4/c1-13-6-7-14(2)21(13)16-5-4-10-20(12-16)19(23)15-8-9-18(26-3)17(11-15)22(24)25/h8-9,11,13-14,16H,4-7,10,12H2,1-3H3/t13-,14-,16+/m1/s1. The Morgan fingerprint density at radius 1 is 1.23 bits per heavy atom. The van der Waals surface area contributed by atoms with E-state index in [0.717, 1.165) is 12.8 Å². The maximum absolute atomic E-state index is 12.9. The van der Waals surface area contributed by atoms with Gasteiger partial charge in [-0.25, -0.2) is 0 Å². The Hall–Kier alpha value is -2.15. The lowest BCUT2D eigenvalue weighted by Gasteiger charge is -2.41. The summed E-state index contributed by atoms with van der Waals surface area (Å²) in [4.78, 5) is 28.1. The van der Waals surface area contributed by atoms with Gasteiger partial charge in [0.2, 0.25) is 0 Å². The van der Waals surface area contributed by atoms with Gasteiger partial charge >= 0.3 is 5.69 Å². The number of nitrogens with zero attached hydrogens (tertiary/aromatic N) is 3. The number of hydrogen-bond donors (Lipinski definition) is 0. The average Bonchev–Trinajstić information content (AvgIpc) is 2.99. The molecule has 3 rings (SSSR count). The minimum Gasteiger partial charge on any atom is -0.490 e. The summed E-state index contributed by atoms with van der Waals surface area (Å²) in [6.07, 6.45) is 4.47. The zero-order valence-corrected chi connectivity index (χ0v) is 15.7. The van der Waals surface area contributed by atoms with Crippen molar-refractivity contribution in [3.8, 4) is 5.75 Å². The molecule has 7 nitrogen and oxygen atoms in total. The number of hydrogen-bond acceptors (Lipinski definition) is 5. The highest BCUT2D eigenvalue weighted by atomic mass is 16.6. The van der Waals surface area contributed by atoms with Gasteiger partial charge < -0.3 is 9.64 Å². The summed E-state index contributed by atoms with van der Waals surface area (Å²) in [6.45, 7) is 5.91. The van der Waals surface area contributed by atoms with E-state index in [-0.39, 0.29) is 17.3 Å². The fourth-order valence-electron chi connectivity index (χ4n) is 4.47. The Balaban J connectivity index is 1.77. The SMILES string of the molecule is COc1ccc(C(=O)N2CCC[C@H](N3[C@H](C)CC[C@H]3C)C2)cc1[N+](=O)[O-]. The van der Waals surface area contributed by atoms with Gasteiger partial charge in [-0.1, -0.05) is 0 Å². The third kappa shape index (κ3) is 3.53. The predicted octanol–water partition coefficient (Wildman–Crippen LogP) is 3.08. The number of likely N-dealkylation sites (tertiary alicyclic amines) is 2. The lowest BCUT2D eigenvalue weighted by atomic mass is 10.0. The van der Waals surface area contributed by atoms with Gasteiger partial charge in [-0.05, 0) is 51.7 Å². The van der Waals surface area contributed by atoms with Crippen LogP contribution >= 0.6 is 0 Å². The molecule has 1 aromatic carbocycles. The first-order chi connectivity index (χ1) is 12.4. The molecule has 0 aliphatic carbocycles. The molecule has 26 heavy (non-hydrogen) atoms. The number of nitro groups is 1. The molecule has 0 N–H and O–H groups in total. The Morgan fingerprint density at radius 3 is 2.54 bits per heavy atom. The van der Waals surface area contributed by atoms with E-state index in [0.29, 0.717) is 36.8 Å². The second-order valence-electron chi connectivity index (χ2n) is 7.41. The Kier molecular flexibility index (Phi) is 5.46. The summed E-state index contributed by atoms with van der Waals surface area (Å²) >= 11 is 0. The minimum absolute atomic E-state index is 0.139. The van der Waals surface area contributed by atoms with Crippen LogP contribution < -0.4 is 4.74 Å². The van der Waals surface area contributed by atoms with E-state index in [9.17, 15) is 14.9 Å². The molecule has 0 bridgehead atoms. The fourth-order valence-corrected chi connectivity index (χ4v) is 4.47. The molecule has 2 fully saturated rings. The van der Waals surface area contributed by atoms with Crippen molar-refractivity contribution < 1.29 is 14.5 Å². The summed E-state index contributed by atoms with van der Waals surface area (Å²) in [5.74, 6) is 0.0303. The number of ether oxygens (including phenoxy) is 1. The largest absolute Gasteiger partial charge is 0.490 e. The van der Waals surface area contributed by atoms with Crippen molar-refractivity contribution in [3.63, 3.8) is 0 Å². The van der Waals surface area contributed by atoms with Crippen LogP contribution in [0.5, 0.6) is 5.75 Å². The number of nitro benzene ring substituents is 1. The lowest BCUT2D eigenvalue weighted by Crippen LogP contribution is -2.52. The van der Waals surface area contributed by atoms with Gasteiger partial charge in [0.05, 0.1) is 12.0 Å². The maximum Gasteiger partial charge on any atom is 0.311 e. The first-order valence-corrected chi connectivity index (χ1v) is 9.31. The molecule has 0 saturated carbocycles. The first kappa shape index (κ1) is 18.6. The average molecular weight is 361 g/mol. The van der Waals surface area contributed by atoms with Crippen molar-refractivity contribution in [2.24, 2.45) is 0 Å². The van der Waals surface area contributed by atoms with Gasteiger partial charge in [0.15, 0.2) is 5.75 Å². The Labute approximate surface area is 154 Å². The van der Waals surface area contributed by atoms with Gasteiger partial charge in [0.25, 0.3) is 5.91 Å². The highest BCUT2D eigenvalue weighted by Crippen LogP contribution is 2.31. The van der Waals surface area contributed by atoms with E-state index in [2.05, 4.69) is 18.7 Å². The van der Waals surface area contributed by atoms with E-state index in [1.165, 1.54) is 32.1 Å². The van der Waals surface area contributed by atoms with Crippen LogP contribution in [0.2, 0.25) is 0 Å². The number of methoxy groups -OCH3 is 1. The van der Waals surface area contributed by atoms with E-state index in [4.69, 9.17) is 4.74 Å². The normalized spacial score (nSPS) is 26.7. The van der Waals surface area contributed by atoms with Crippen molar-refractivity contribution >= 4 is 11.6 Å². The summed E-state index contributed by atoms with van der Waals surface area (Å²) in [7, 11) is 1.39. The molecule has 0 unspecified atom stereocenters. The number of rotatable bonds is 4. The molecule has 2 aliphatic rings. The van der Waals surface area contributed by atoms with Gasteiger partial charge in [0, 0.05) is 42.8 Å². The molecule has 7 heteroatoms. The minimum atomic E-state index is -0.512. The van der Waals surface area contributed by atoms with E-state index >= 15 is 0 Å². The molecule has 1 amide bonds. The molecule has 0 spiro atoms. The van der Waals surface area contributed by atoms with Crippen molar-refractivity contribution in [2.75, 3.05) is 20.2 Å². The molecule has 2 heterocycles. The third-order valence-corrected chi connectivity index (χ3v) is 5.75. The fraction of sp³-hybridized carbons (Fsp3) is 0.632. The van der Waals surface area contributed by atoms with Crippen LogP contribution in [-0.4, -0.2) is 59.0 Å². The second kappa shape index (κ2) is 7.61. The first-order valence-electron chi connectivity index (χ1n) is 9.31. The summed E-state index contributed by atoms with van der Waals surface area (Å²) < 4.78 is 5.02. The zero-order valence-electron chi connectivity index (χ0n) is 15.7. The molecule has 2 aliphatic heterocycles. The van der Waals surface area contributed by atoms with Crippen molar-refractivity contribution in [1.29, 1.82) is 0 Å². The van der Waals surface area contributed by atoms with Gasteiger partial charge in [0.1, 0.15) is 0 Å². The maximum atomic E-state index is 12.9. The number of carbonyl (C=O) groups excluding carboxylic acids is 1. The zero-order chi connectivity index (χ0) is 18.8. The van der Waals surface area contributed by atoms with Crippen molar-refractivity contribution in [1.82, 2.24) is 9.80 Å². The van der Waals surface area contributed by atoms with Gasteiger partial charge in [-0.3, -0.25) is 19.8 Å². The van der Waals surface area contributed by atoms with Gasteiger partial charge in [-0.15, -0.1) is 0 Å². The Bertz CT molecular complexity index is 683. The molecule has 142 valence electrons. The van der Waals surface area contributed by atoms with Gasteiger partial charge in [-0.2, -0.15) is 0 Å². The summed E-state index contributed by atoms with van der Waals surface area (Å²) in [5, 5.41) is 11.2.